The van der Waals surface area contributed by atoms with Crippen LogP contribution in [-0.2, 0) is 0 Å². The first-order valence-corrected chi connectivity index (χ1v) is 6.01. The average molecular weight is 261 g/mol. The van der Waals surface area contributed by atoms with Crippen LogP contribution in [0.5, 0.6) is 0 Å². The molecule has 5 heteroatoms. The van der Waals surface area contributed by atoms with Gasteiger partial charge in [0.05, 0.1) is 6.10 Å². The summed E-state index contributed by atoms with van der Waals surface area (Å²) in [7, 11) is 0. The van der Waals surface area contributed by atoms with Gasteiger partial charge in [0.1, 0.15) is 0 Å². The zero-order valence-electron chi connectivity index (χ0n) is 10.1. The number of rotatable bonds is 2. The average Bonchev–Trinajstić information content (AvgIpc) is 2.78. The molecule has 0 aliphatic heterocycles. The van der Waals surface area contributed by atoms with Gasteiger partial charge in [0, 0.05) is 17.2 Å². The second-order valence-electron chi connectivity index (χ2n) is 4.85. The van der Waals surface area contributed by atoms with E-state index in [4.69, 9.17) is 10.3 Å². The van der Waals surface area contributed by atoms with Gasteiger partial charge in [-0.1, -0.05) is 24.7 Å². The van der Waals surface area contributed by atoms with Gasteiger partial charge in [0.25, 0.3) is 0 Å². The first kappa shape index (κ1) is 13.5. The highest BCUT2D eigenvalue weighted by molar-refractivity contribution is 5.63. The van der Waals surface area contributed by atoms with Crippen LogP contribution in [0, 0.1) is 6.92 Å². The fraction of sp³-hybridized carbons (Fsp3) is 0.429. The number of hydrogen-bond donors (Lipinski definition) is 2. The van der Waals surface area contributed by atoms with Crippen LogP contribution in [-0.4, -0.2) is 21.4 Å². The van der Waals surface area contributed by atoms with Crippen LogP contribution in [0.3, 0.4) is 0 Å². The number of hydrogen-bond acceptors (Lipinski definition) is 5. The van der Waals surface area contributed by atoms with Gasteiger partial charge in [-0.2, -0.15) is 4.98 Å². The maximum Gasteiger partial charge on any atom is 0.230 e. The lowest BCUT2D eigenvalue weighted by Crippen LogP contribution is -2.26. The third-order valence-corrected chi connectivity index (χ3v) is 3.44. The first-order valence-electron chi connectivity index (χ1n) is 6.01. The molecule has 1 aliphatic carbocycles. The lowest BCUT2D eigenvalue weighted by Gasteiger charge is -2.27. The SMILES string of the molecule is C.Cc1ccc(-c2noc(C3CC(O)C3)n2)cc1N. The van der Waals surface area contributed by atoms with Crippen molar-refractivity contribution in [1.29, 1.82) is 0 Å². The Balaban J connectivity index is 0.00000133. The number of anilines is 1. The van der Waals surface area contributed by atoms with Crippen molar-refractivity contribution in [2.45, 2.75) is 39.2 Å². The molecule has 5 nitrogen and oxygen atoms in total. The summed E-state index contributed by atoms with van der Waals surface area (Å²) in [5.41, 5.74) is 8.47. The molecule has 0 radical (unpaired) electrons. The van der Waals surface area contributed by atoms with Gasteiger partial charge in [-0.15, -0.1) is 0 Å². The Morgan fingerprint density at radius 1 is 1.37 bits per heavy atom. The molecule has 0 unspecified atom stereocenters. The first-order chi connectivity index (χ1) is 8.63. The smallest absolute Gasteiger partial charge is 0.230 e. The molecule has 1 aliphatic rings. The van der Waals surface area contributed by atoms with Crippen molar-refractivity contribution in [2.75, 3.05) is 5.73 Å². The Kier molecular flexibility index (Phi) is 3.57. The van der Waals surface area contributed by atoms with Crippen molar-refractivity contribution in [1.82, 2.24) is 10.1 Å². The molecule has 102 valence electrons. The van der Waals surface area contributed by atoms with Crippen LogP contribution < -0.4 is 5.73 Å². The minimum absolute atomic E-state index is 0. The maximum absolute atomic E-state index is 9.26. The molecule has 0 spiro atoms. The second kappa shape index (κ2) is 5.01. The monoisotopic (exact) mass is 261 g/mol. The van der Waals surface area contributed by atoms with Gasteiger partial charge in [0.2, 0.25) is 11.7 Å². The Morgan fingerprint density at radius 2 is 2.11 bits per heavy atom. The molecule has 0 saturated heterocycles. The zero-order valence-corrected chi connectivity index (χ0v) is 10.1. The Hall–Kier alpha value is -1.88. The summed E-state index contributed by atoms with van der Waals surface area (Å²) in [5.74, 6) is 1.36. The van der Waals surface area contributed by atoms with Crippen molar-refractivity contribution in [2.24, 2.45) is 0 Å². The van der Waals surface area contributed by atoms with Crippen LogP contribution in [0.4, 0.5) is 5.69 Å². The predicted molar refractivity (Wildman–Crippen MR) is 73.6 cm³/mol. The summed E-state index contributed by atoms with van der Waals surface area (Å²) in [6.45, 7) is 1.95. The fourth-order valence-electron chi connectivity index (χ4n) is 2.09. The van der Waals surface area contributed by atoms with E-state index in [0.29, 0.717) is 24.6 Å². The van der Waals surface area contributed by atoms with E-state index in [1.165, 1.54) is 0 Å². The number of aromatic nitrogens is 2. The number of nitrogens with two attached hydrogens (primary N) is 1. The molecule has 19 heavy (non-hydrogen) atoms. The molecule has 1 aromatic carbocycles. The molecule has 1 aromatic heterocycles. The van der Waals surface area contributed by atoms with Crippen LogP contribution in [0.1, 0.15) is 37.6 Å². The molecular weight excluding hydrogens is 242 g/mol. The van der Waals surface area contributed by atoms with Crippen molar-refractivity contribution in [3.63, 3.8) is 0 Å². The molecule has 0 amide bonds. The van der Waals surface area contributed by atoms with Crippen LogP contribution >= 0.6 is 0 Å². The standard InChI is InChI=1S/C13H15N3O2.CH4/c1-7-2-3-8(6-11(7)14)12-15-13(18-16-12)9-4-10(17)5-9;/h2-3,6,9-10,17H,4-5,14H2,1H3;1H4. The number of aryl methyl sites for hydroxylation is 1. The van der Waals surface area contributed by atoms with E-state index in [2.05, 4.69) is 10.1 Å². The number of benzene rings is 1. The molecule has 0 atom stereocenters. The summed E-state index contributed by atoms with van der Waals surface area (Å²) in [5, 5.41) is 13.2. The van der Waals surface area contributed by atoms with Crippen LogP contribution in [0.15, 0.2) is 22.7 Å². The number of aliphatic hydroxyl groups excluding tert-OH is 1. The van der Waals surface area contributed by atoms with Crippen molar-refractivity contribution < 1.29 is 9.63 Å². The van der Waals surface area contributed by atoms with Crippen molar-refractivity contribution in [3.05, 3.63) is 29.7 Å². The Morgan fingerprint density at radius 3 is 2.74 bits per heavy atom. The van der Waals surface area contributed by atoms with E-state index in [0.717, 1.165) is 16.8 Å². The molecule has 3 N–H and O–H groups in total. The van der Waals surface area contributed by atoms with E-state index in [1.807, 2.05) is 25.1 Å². The minimum Gasteiger partial charge on any atom is -0.398 e. The number of nitrogen functional groups attached to an aromatic ring is 1. The van der Waals surface area contributed by atoms with Gasteiger partial charge >= 0.3 is 0 Å². The topological polar surface area (TPSA) is 85.2 Å². The van der Waals surface area contributed by atoms with Gasteiger partial charge in [-0.25, -0.2) is 0 Å². The van der Waals surface area contributed by atoms with E-state index in [1.54, 1.807) is 0 Å². The predicted octanol–water partition coefficient (Wildman–Crippen LogP) is 2.50. The molecule has 2 aromatic rings. The van der Waals surface area contributed by atoms with Gasteiger partial charge < -0.3 is 15.4 Å². The molecular formula is C14H19N3O2. The molecule has 1 fully saturated rings. The van der Waals surface area contributed by atoms with Gasteiger partial charge in [-0.05, 0) is 31.4 Å². The molecule has 3 rings (SSSR count). The largest absolute Gasteiger partial charge is 0.398 e. The Bertz CT molecular complexity index is 574. The van der Waals surface area contributed by atoms with Crippen molar-refractivity contribution >= 4 is 5.69 Å². The van der Waals surface area contributed by atoms with E-state index >= 15 is 0 Å². The lowest BCUT2D eigenvalue weighted by molar-refractivity contribution is 0.0625. The lowest BCUT2D eigenvalue weighted by atomic mass is 9.82. The minimum atomic E-state index is -0.222. The summed E-state index contributed by atoms with van der Waals surface area (Å²) in [6.07, 6.45) is 1.19. The second-order valence-corrected chi connectivity index (χ2v) is 4.85. The van der Waals surface area contributed by atoms with Gasteiger partial charge in [0.15, 0.2) is 0 Å². The maximum atomic E-state index is 9.26. The summed E-state index contributed by atoms with van der Waals surface area (Å²) in [6, 6.07) is 5.71. The van der Waals surface area contributed by atoms with E-state index in [9.17, 15) is 5.11 Å². The summed E-state index contributed by atoms with van der Waals surface area (Å²) < 4.78 is 5.23. The molecule has 0 bridgehead atoms. The highest BCUT2D eigenvalue weighted by Gasteiger charge is 2.33. The number of aliphatic hydroxyl groups is 1. The normalized spacial score (nSPS) is 21.6. The molecule has 1 heterocycles. The highest BCUT2D eigenvalue weighted by Crippen LogP contribution is 2.36. The summed E-state index contributed by atoms with van der Waals surface area (Å²) >= 11 is 0. The Labute approximate surface area is 112 Å². The molecule has 1 saturated carbocycles. The third-order valence-electron chi connectivity index (χ3n) is 3.44. The van der Waals surface area contributed by atoms with Gasteiger partial charge in [-0.3, -0.25) is 0 Å². The summed E-state index contributed by atoms with van der Waals surface area (Å²) in [4.78, 5) is 4.36. The van der Waals surface area contributed by atoms with E-state index in [-0.39, 0.29) is 19.4 Å². The number of nitrogens with zero attached hydrogens (tertiary/aromatic N) is 2. The van der Waals surface area contributed by atoms with Crippen LogP contribution in [0.25, 0.3) is 11.4 Å². The third kappa shape index (κ3) is 2.46. The van der Waals surface area contributed by atoms with E-state index < -0.39 is 0 Å². The quantitative estimate of drug-likeness (QED) is 0.811. The fourth-order valence-corrected chi connectivity index (χ4v) is 2.09. The highest BCUT2D eigenvalue weighted by atomic mass is 16.5. The van der Waals surface area contributed by atoms with Crippen molar-refractivity contribution in [3.8, 4) is 11.4 Å². The zero-order chi connectivity index (χ0) is 12.7. The van der Waals surface area contributed by atoms with Crippen LogP contribution in [0.2, 0.25) is 0 Å².